The van der Waals surface area contributed by atoms with Gasteiger partial charge in [0, 0.05) is 44.3 Å². The first-order valence-corrected chi connectivity index (χ1v) is 9.85. The molecule has 0 radical (unpaired) electrons. The maximum Gasteiger partial charge on any atom is 0.252 e. The van der Waals surface area contributed by atoms with E-state index in [1.807, 2.05) is 54.7 Å². The summed E-state index contributed by atoms with van der Waals surface area (Å²) in [4.78, 5) is 26.5. The van der Waals surface area contributed by atoms with Gasteiger partial charge in [-0.2, -0.15) is 0 Å². The van der Waals surface area contributed by atoms with E-state index in [0.29, 0.717) is 12.1 Å². The number of para-hydroxylation sites is 1. The topological polar surface area (TPSA) is 61.4 Å². The first-order valence-electron chi connectivity index (χ1n) is 9.85. The molecule has 144 valence electrons. The quantitative estimate of drug-likeness (QED) is 0.743. The van der Waals surface area contributed by atoms with Gasteiger partial charge in [-0.25, -0.2) is 9.97 Å². The molecular weight excluding hydrogens is 350 g/mol. The van der Waals surface area contributed by atoms with Gasteiger partial charge in [0.15, 0.2) is 0 Å². The minimum absolute atomic E-state index is 0.0335. The SMILES string of the molecule is CCCNC(=O)c1cc(N2CCN(c3ccccn3)CC2)nc2ccccc12. The number of carbonyl (C=O) groups excluding carboxylic acids is 1. The van der Waals surface area contributed by atoms with Crippen LogP contribution in [0.5, 0.6) is 0 Å². The number of hydrogen-bond donors (Lipinski definition) is 1. The van der Waals surface area contributed by atoms with Crippen molar-refractivity contribution in [1.29, 1.82) is 0 Å². The summed E-state index contributed by atoms with van der Waals surface area (Å²) in [6, 6.07) is 15.8. The van der Waals surface area contributed by atoms with Gasteiger partial charge in [-0.05, 0) is 30.7 Å². The third-order valence-corrected chi connectivity index (χ3v) is 5.06. The standard InChI is InChI=1S/C22H25N5O/c1-2-10-24-22(28)18-16-21(25-19-8-4-3-7-17(18)19)27-14-12-26(13-15-27)20-9-5-6-11-23-20/h3-9,11,16H,2,10,12-15H2,1H3,(H,24,28). The molecule has 3 heterocycles. The van der Waals surface area contributed by atoms with Crippen LogP contribution in [0.1, 0.15) is 23.7 Å². The lowest BCUT2D eigenvalue weighted by Crippen LogP contribution is -2.47. The van der Waals surface area contributed by atoms with Crippen LogP contribution in [0.4, 0.5) is 11.6 Å². The molecule has 4 rings (SSSR count). The molecule has 2 aromatic heterocycles. The molecule has 1 amide bonds. The van der Waals surface area contributed by atoms with E-state index < -0.39 is 0 Å². The Bertz CT molecular complexity index is 952. The number of hydrogen-bond acceptors (Lipinski definition) is 5. The second kappa shape index (κ2) is 8.25. The van der Waals surface area contributed by atoms with Crippen molar-refractivity contribution in [3.05, 3.63) is 60.3 Å². The van der Waals surface area contributed by atoms with Crippen LogP contribution in [-0.2, 0) is 0 Å². The van der Waals surface area contributed by atoms with E-state index >= 15 is 0 Å². The molecule has 0 aliphatic carbocycles. The van der Waals surface area contributed by atoms with Gasteiger partial charge >= 0.3 is 0 Å². The average Bonchev–Trinajstić information content (AvgIpc) is 2.77. The summed E-state index contributed by atoms with van der Waals surface area (Å²) >= 11 is 0. The number of anilines is 2. The largest absolute Gasteiger partial charge is 0.353 e. The number of pyridine rings is 2. The van der Waals surface area contributed by atoms with Crippen LogP contribution >= 0.6 is 0 Å². The predicted molar refractivity (Wildman–Crippen MR) is 113 cm³/mol. The second-order valence-electron chi connectivity index (χ2n) is 6.96. The molecule has 1 aliphatic rings. The van der Waals surface area contributed by atoms with Crippen molar-refractivity contribution in [2.45, 2.75) is 13.3 Å². The van der Waals surface area contributed by atoms with Crippen LogP contribution in [0.3, 0.4) is 0 Å². The van der Waals surface area contributed by atoms with Gasteiger partial charge in [0.2, 0.25) is 0 Å². The Morgan fingerprint density at radius 1 is 1.00 bits per heavy atom. The Labute approximate surface area is 165 Å². The maximum atomic E-state index is 12.7. The Morgan fingerprint density at radius 2 is 1.71 bits per heavy atom. The molecule has 1 saturated heterocycles. The lowest BCUT2D eigenvalue weighted by Gasteiger charge is -2.36. The van der Waals surface area contributed by atoms with E-state index in [1.54, 1.807) is 0 Å². The molecule has 28 heavy (non-hydrogen) atoms. The summed E-state index contributed by atoms with van der Waals surface area (Å²) in [5.74, 6) is 1.84. The lowest BCUT2D eigenvalue weighted by molar-refractivity contribution is 0.0955. The molecule has 1 aromatic carbocycles. The van der Waals surface area contributed by atoms with Gasteiger partial charge in [0.05, 0.1) is 11.1 Å². The highest BCUT2D eigenvalue weighted by molar-refractivity contribution is 6.07. The first kappa shape index (κ1) is 18.2. The smallest absolute Gasteiger partial charge is 0.252 e. The highest BCUT2D eigenvalue weighted by atomic mass is 16.1. The highest BCUT2D eigenvalue weighted by Gasteiger charge is 2.21. The zero-order chi connectivity index (χ0) is 19.3. The van der Waals surface area contributed by atoms with Crippen molar-refractivity contribution in [2.75, 3.05) is 42.5 Å². The monoisotopic (exact) mass is 375 g/mol. The molecule has 1 N–H and O–H groups in total. The molecule has 0 spiro atoms. The number of piperazine rings is 1. The summed E-state index contributed by atoms with van der Waals surface area (Å²) in [6.45, 7) is 6.17. The van der Waals surface area contributed by atoms with Crippen molar-refractivity contribution in [1.82, 2.24) is 15.3 Å². The highest BCUT2D eigenvalue weighted by Crippen LogP contribution is 2.24. The number of aromatic nitrogens is 2. The zero-order valence-electron chi connectivity index (χ0n) is 16.1. The minimum atomic E-state index is -0.0335. The second-order valence-corrected chi connectivity index (χ2v) is 6.96. The predicted octanol–water partition coefficient (Wildman–Crippen LogP) is 3.10. The number of nitrogens with zero attached hydrogens (tertiary/aromatic N) is 4. The summed E-state index contributed by atoms with van der Waals surface area (Å²) in [6.07, 6.45) is 2.74. The summed E-state index contributed by atoms with van der Waals surface area (Å²) < 4.78 is 0. The molecule has 6 heteroatoms. The van der Waals surface area contributed by atoms with E-state index in [1.165, 1.54) is 0 Å². The molecular formula is C22H25N5O. The van der Waals surface area contributed by atoms with Gasteiger partial charge in [-0.15, -0.1) is 0 Å². The number of fused-ring (bicyclic) bond motifs is 1. The van der Waals surface area contributed by atoms with Crippen LogP contribution in [0.2, 0.25) is 0 Å². The Morgan fingerprint density at radius 3 is 2.43 bits per heavy atom. The van der Waals surface area contributed by atoms with Crippen LogP contribution in [0.25, 0.3) is 10.9 Å². The molecule has 6 nitrogen and oxygen atoms in total. The Hall–Kier alpha value is -3.15. The molecule has 0 bridgehead atoms. The van der Waals surface area contributed by atoms with Gasteiger partial charge in [0.1, 0.15) is 11.6 Å². The molecule has 0 unspecified atom stereocenters. The van der Waals surface area contributed by atoms with E-state index in [4.69, 9.17) is 4.98 Å². The van der Waals surface area contributed by atoms with E-state index in [-0.39, 0.29) is 5.91 Å². The fourth-order valence-corrected chi connectivity index (χ4v) is 3.55. The van der Waals surface area contributed by atoms with Crippen molar-refractivity contribution in [2.24, 2.45) is 0 Å². The van der Waals surface area contributed by atoms with Crippen molar-refractivity contribution >= 4 is 28.4 Å². The van der Waals surface area contributed by atoms with Crippen LogP contribution in [0.15, 0.2) is 54.7 Å². The first-order chi connectivity index (χ1) is 13.8. The van der Waals surface area contributed by atoms with E-state index in [9.17, 15) is 4.79 Å². The summed E-state index contributed by atoms with van der Waals surface area (Å²) in [7, 11) is 0. The van der Waals surface area contributed by atoms with Crippen molar-refractivity contribution in [3.8, 4) is 0 Å². The maximum absolute atomic E-state index is 12.7. The van der Waals surface area contributed by atoms with Gasteiger partial charge in [0.25, 0.3) is 5.91 Å². The van der Waals surface area contributed by atoms with Crippen molar-refractivity contribution < 1.29 is 4.79 Å². The normalized spacial score (nSPS) is 14.3. The number of benzene rings is 1. The van der Waals surface area contributed by atoms with Gasteiger partial charge in [-0.3, -0.25) is 4.79 Å². The van der Waals surface area contributed by atoms with Gasteiger partial charge in [-0.1, -0.05) is 31.2 Å². The van der Waals surface area contributed by atoms with Gasteiger partial charge < -0.3 is 15.1 Å². The fraction of sp³-hybridized carbons (Fsp3) is 0.318. The van der Waals surface area contributed by atoms with Crippen molar-refractivity contribution in [3.63, 3.8) is 0 Å². The molecule has 0 atom stereocenters. The molecule has 0 saturated carbocycles. The van der Waals surface area contributed by atoms with E-state index in [2.05, 4.69) is 27.0 Å². The third kappa shape index (κ3) is 3.76. The lowest BCUT2D eigenvalue weighted by atomic mass is 10.1. The number of amides is 1. The van der Waals surface area contributed by atoms with Crippen LogP contribution in [0, 0.1) is 0 Å². The molecule has 3 aromatic rings. The van der Waals surface area contributed by atoms with E-state index in [0.717, 1.165) is 55.1 Å². The Balaban J connectivity index is 1.58. The number of nitrogens with one attached hydrogen (secondary N) is 1. The zero-order valence-corrected chi connectivity index (χ0v) is 16.1. The minimum Gasteiger partial charge on any atom is -0.353 e. The Kier molecular flexibility index (Phi) is 5.37. The van der Waals surface area contributed by atoms with Crippen LogP contribution < -0.4 is 15.1 Å². The fourth-order valence-electron chi connectivity index (χ4n) is 3.55. The van der Waals surface area contributed by atoms with Crippen LogP contribution in [-0.4, -0.2) is 48.6 Å². The molecule has 1 aliphatic heterocycles. The summed E-state index contributed by atoms with van der Waals surface area (Å²) in [5, 5.41) is 3.89. The number of carbonyl (C=O) groups is 1. The number of rotatable bonds is 5. The summed E-state index contributed by atoms with van der Waals surface area (Å²) in [5.41, 5.74) is 1.55. The molecule has 1 fully saturated rings. The third-order valence-electron chi connectivity index (χ3n) is 5.06. The average molecular weight is 375 g/mol.